The molecule has 0 radical (unpaired) electrons. The van der Waals surface area contributed by atoms with E-state index in [9.17, 15) is 13.2 Å². The third kappa shape index (κ3) is 4.84. The van der Waals surface area contributed by atoms with Crippen molar-refractivity contribution in [2.45, 2.75) is 43.7 Å². The van der Waals surface area contributed by atoms with Crippen LogP contribution in [0.3, 0.4) is 0 Å². The Bertz CT molecular complexity index is 1260. The lowest BCUT2D eigenvalue weighted by Gasteiger charge is -2.24. The average Bonchev–Trinajstić information content (AvgIpc) is 3.14. The van der Waals surface area contributed by atoms with Crippen molar-refractivity contribution in [1.29, 1.82) is 0 Å². The molecule has 1 aromatic carbocycles. The van der Waals surface area contributed by atoms with Crippen molar-refractivity contribution < 1.29 is 23.1 Å². The Balaban J connectivity index is 1.53. The molecule has 2 heterocycles. The number of carboxylic acids is 1. The largest absolute Gasteiger partial charge is 0.480 e. The molecular formula is C21H21BrN4O5S. The van der Waals surface area contributed by atoms with E-state index in [4.69, 9.17) is 9.84 Å². The van der Waals surface area contributed by atoms with E-state index in [1.807, 2.05) is 19.1 Å². The monoisotopic (exact) mass is 520 g/mol. The van der Waals surface area contributed by atoms with E-state index in [0.717, 1.165) is 17.7 Å². The van der Waals surface area contributed by atoms with Gasteiger partial charge in [0.15, 0.2) is 0 Å². The van der Waals surface area contributed by atoms with E-state index in [1.165, 1.54) is 23.1 Å². The molecule has 32 heavy (non-hydrogen) atoms. The molecule has 0 amide bonds. The van der Waals surface area contributed by atoms with Crippen molar-refractivity contribution in [2.75, 3.05) is 0 Å². The maximum absolute atomic E-state index is 13.0. The number of benzene rings is 1. The number of nitrogens with zero attached hydrogens (tertiary/aromatic N) is 3. The first-order valence-electron chi connectivity index (χ1n) is 9.92. The van der Waals surface area contributed by atoms with Gasteiger partial charge in [-0.15, -0.1) is 0 Å². The molecule has 0 saturated heterocycles. The number of rotatable bonds is 7. The Hall–Kier alpha value is -2.76. The zero-order chi connectivity index (χ0) is 22.9. The van der Waals surface area contributed by atoms with Gasteiger partial charge in [0, 0.05) is 11.3 Å². The lowest BCUT2D eigenvalue weighted by molar-refractivity contribution is -0.137. The maximum atomic E-state index is 13.0. The number of fused-ring (bicyclic) bond motifs is 1. The number of carboxylic acid groups (broad SMARTS) is 1. The van der Waals surface area contributed by atoms with Crippen LogP contribution in [0, 0.1) is 6.92 Å². The number of aromatic nitrogens is 3. The minimum absolute atomic E-state index is 0.00863. The third-order valence-corrected chi connectivity index (χ3v) is 7.18. The summed E-state index contributed by atoms with van der Waals surface area (Å²) in [6, 6.07) is 8.37. The van der Waals surface area contributed by atoms with Gasteiger partial charge in [-0.2, -0.15) is 5.10 Å². The maximum Gasteiger partial charge on any atom is 0.325 e. The number of nitrogens with one attached hydrogen (secondary N) is 1. The summed E-state index contributed by atoms with van der Waals surface area (Å²) in [5.74, 6) is -0.157. The Morgan fingerprint density at radius 2 is 2.06 bits per heavy atom. The molecule has 0 bridgehead atoms. The molecular weight excluding hydrogens is 500 g/mol. The van der Waals surface area contributed by atoms with Crippen LogP contribution in [0.4, 0.5) is 0 Å². The molecule has 11 heteroatoms. The number of carbonyl (C=O) groups is 1. The van der Waals surface area contributed by atoms with Gasteiger partial charge in [-0.25, -0.2) is 18.1 Å². The molecule has 1 aliphatic carbocycles. The van der Waals surface area contributed by atoms with E-state index in [0.29, 0.717) is 28.6 Å². The summed E-state index contributed by atoms with van der Waals surface area (Å²) in [7, 11) is -3.89. The van der Waals surface area contributed by atoms with Gasteiger partial charge in [0.2, 0.25) is 15.9 Å². The number of aliphatic carboxylic acids is 1. The molecule has 168 valence electrons. The second-order valence-corrected chi connectivity index (χ2v) is 10.1. The fourth-order valence-corrected chi connectivity index (χ4v) is 5.41. The fraction of sp³-hybridized carbons (Fsp3) is 0.286. The molecule has 2 N–H and O–H groups in total. The van der Waals surface area contributed by atoms with Gasteiger partial charge < -0.3 is 9.84 Å². The Morgan fingerprint density at radius 3 is 2.75 bits per heavy atom. The number of aryl methyl sites for hydroxylation is 1. The van der Waals surface area contributed by atoms with E-state index >= 15 is 0 Å². The van der Waals surface area contributed by atoms with Crippen LogP contribution in [0.15, 0.2) is 52.1 Å². The molecule has 1 atom stereocenters. The van der Waals surface area contributed by atoms with Gasteiger partial charge in [0.25, 0.3) is 0 Å². The topological polar surface area (TPSA) is 123 Å². The second kappa shape index (κ2) is 9.00. The highest BCUT2D eigenvalue weighted by Gasteiger charge is 2.29. The zero-order valence-electron chi connectivity index (χ0n) is 17.2. The molecule has 0 fully saturated rings. The number of pyridine rings is 1. The number of hydrogen-bond donors (Lipinski definition) is 2. The van der Waals surface area contributed by atoms with Gasteiger partial charge in [-0.1, -0.05) is 17.7 Å². The quantitative estimate of drug-likeness (QED) is 0.487. The van der Waals surface area contributed by atoms with Gasteiger partial charge in [0.05, 0.1) is 22.9 Å². The van der Waals surface area contributed by atoms with Crippen LogP contribution in [0.5, 0.6) is 11.6 Å². The first-order chi connectivity index (χ1) is 15.2. The molecule has 1 unspecified atom stereocenters. The van der Waals surface area contributed by atoms with Crippen molar-refractivity contribution in [3.8, 4) is 11.6 Å². The van der Waals surface area contributed by atoms with Crippen LogP contribution < -0.4 is 9.46 Å². The van der Waals surface area contributed by atoms with Gasteiger partial charge >= 0.3 is 5.97 Å². The summed E-state index contributed by atoms with van der Waals surface area (Å²) in [6.07, 6.45) is 4.75. The average molecular weight is 521 g/mol. The van der Waals surface area contributed by atoms with Crippen LogP contribution in [0.1, 0.15) is 35.7 Å². The number of halogens is 1. The van der Waals surface area contributed by atoms with Gasteiger partial charge in [-0.3, -0.25) is 9.48 Å². The van der Waals surface area contributed by atoms with E-state index in [2.05, 4.69) is 30.7 Å². The highest BCUT2D eigenvalue weighted by atomic mass is 79.9. The smallest absolute Gasteiger partial charge is 0.325 e. The van der Waals surface area contributed by atoms with Crippen molar-refractivity contribution in [3.63, 3.8) is 0 Å². The minimum atomic E-state index is -3.89. The molecule has 0 aliphatic heterocycles. The van der Waals surface area contributed by atoms with Crippen LogP contribution >= 0.6 is 15.9 Å². The molecule has 1 aliphatic rings. The SMILES string of the molecule is Cc1ccc(Oc2ncc(S(=O)(=O)NC3CCCc4c3cnn4CC(=O)O)cc2Br)cc1. The Morgan fingerprint density at radius 1 is 1.31 bits per heavy atom. The van der Waals surface area contributed by atoms with Gasteiger partial charge in [0.1, 0.15) is 17.2 Å². The predicted octanol–water partition coefficient (Wildman–Crippen LogP) is 3.58. The summed E-state index contributed by atoms with van der Waals surface area (Å²) >= 11 is 3.34. The first kappa shape index (κ1) is 22.4. The number of sulfonamides is 1. The molecule has 4 rings (SSSR count). The summed E-state index contributed by atoms with van der Waals surface area (Å²) < 4.78 is 36.3. The summed E-state index contributed by atoms with van der Waals surface area (Å²) in [4.78, 5) is 15.2. The highest BCUT2D eigenvalue weighted by molar-refractivity contribution is 9.10. The highest BCUT2D eigenvalue weighted by Crippen LogP contribution is 2.33. The first-order valence-corrected chi connectivity index (χ1v) is 12.2. The normalized spacial score (nSPS) is 15.9. The van der Waals surface area contributed by atoms with E-state index in [-0.39, 0.29) is 17.3 Å². The molecule has 0 spiro atoms. The molecule has 9 nitrogen and oxygen atoms in total. The molecule has 0 saturated carbocycles. The summed E-state index contributed by atoms with van der Waals surface area (Å²) in [5.41, 5.74) is 2.54. The van der Waals surface area contributed by atoms with E-state index < -0.39 is 22.0 Å². The Labute approximate surface area is 193 Å². The Kier molecular flexibility index (Phi) is 6.31. The van der Waals surface area contributed by atoms with Gasteiger partial charge in [-0.05, 0) is 60.3 Å². The second-order valence-electron chi connectivity index (χ2n) is 7.54. The lowest BCUT2D eigenvalue weighted by Crippen LogP contribution is -2.31. The zero-order valence-corrected chi connectivity index (χ0v) is 19.6. The molecule has 2 aromatic heterocycles. The predicted molar refractivity (Wildman–Crippen MR) is 119 cm³/mol. The summed E-state index contributed by atoms with van der Waals surface area (Å²) in [6.45, 7) is 1.71. The van der Waals surface area contributed by atoms with Crippen molar-refractivity contribution >= 4 is 31.9 Å². The fourth-order valence-electron chi connectivity index (χ4n) is 3.61. The third-order valence-electron chi connectivity index (χ3n) is 5.17. The number of hydrogen-bond acceptors (Lipinski definition) is 6. The van der Waals surface area contributed by atoms with Crippen molar-refractivity contribution in [3.05, 3.63) is 64.0 Å². The van der Waals surface area contributed by atoms with Crippen molar-refractivity contribution in [2.24, 2.45) is 0 Å². The molecule has 3 aromatic rings. The van der Waals surface area contributed by atoms with Crippen molar-refractivity contribution in [1.82, 2.24) is 19.5 Å². The number of ether oxygens (including phenoxy) is 1. The van der Waals surface area contributed by atoms with Crippen LogP contribution in [-0.4, -0.2) is 34.3 Å². The van der Waals surface area contributed by atoms with Crippen LogP contribution in [0.25, 0.3) is 0 Å². The standard InChI is InChI=1S/C21H21BrN4O5S/c1-13-5-7-14(8-6-13)31-21-17(22)9-15(10-23-21)32(29,30)25-18-3-2-4-19-16(18)11-24-26(19)12-20(27)28/h5-11,18,25H,2-4,12H2,1H3,(H,27,28). The van der Waals surface area contributed by atoms with Crippen LogP contribution in [0.2, 0.25) is 0 Å². The summed E-state index contributed by atoms with van der Waals surface area (Å²) in [5, 5.41) is 13.2. The lowest BCUT2D eigenvalue weighted by atomic mass is 9.94. The van der Waals surface area contributed by atoms with Crippen LogP contribution in [-0.2, 0) is 27.8 Å². The minimum Gasteiger partial charge on any atom is -0.480 e. The van der Waals surface area contributed by atoms with E-state index in [1.54, 1.807) is 12.1 Å².